The zero-order chi connectivity index (χ0) is 27.3. The Hall–Kier alpha value is -4.36. The van der Waals surface area contributed by atoms with Crippen molar-refractivity contribution >= 4 is 61.4 Å². The van der Waals surface area contributed by atoms with Crippen molar-refractivity contribution in [3.63, 3.8) is 0 Å². The number of ketones is 1. The Morgan fingerprint density at radius 1 is 0.675 bits per heavy atom. The number of hydrogen-bond donors (Lipinski definition) is 1. The molecular formula is C27H23N7O4S2. The molecule has 6 aromatic rings. The monoisotopic (exact) mass is 573 g/mol. The van der Waals surface area contributed by atoms with Gasteiger partial charge in [0.1, 0.15) is 26.5 Å². The van der Waals surface area contributed by atoms with Gasteiger partial charge in [-0.2, -0.15) is 0 Å². The average Bonchev–Trinajstić information content (AvgIpc) is 3.76. The molecule has 1 N–H and O–H groups in total. The molecule has 0 unspecified atom stereocenters. The second-order valence-corrected chi connectivity index (χ2v) is 11.4. The summed E-state index contributed by atoms with van der Waals surface area (Å²) in [7, 11) is 0. The molecule has 0 aliphatic rings. The molecule has 0 saturated carbocycles. The molecule has 2 aromatic carbocycles. The number of nitrogens with zero attached hydrogens (tertiary/aromatic N) is 6. The molecule has 11 nitrogen and oxygen atoms in total. The van der Waals surface area contributed by atoms with Crippen molar-refractivity contribution in [1.29, 1.82) is 0 Å². The summed E-state index contributed by atoms with van der Waals surface area (Å²) in [5, 5.41) is 32.1. The summed E-state index contributed by atoms with van der Waals surface area (Å²) in [5.74, 6) is -0.197. The Morgan fingerprint density at radius 3 is 1.95 bits per heavy atom. The SMILES string of the molecule is O=C(Cc1nnc(CCCCc2nnc(NC(=O)Cc3noc4ccccc34)s2)s1)Cc1noc2ccccc12. The van der Waals surface area contributed by atoms with Crippen molar-refractivity contribution in [2.45, 2.75) is 44.9 Å². The quantitative estimate of drug-likeness (QED) is 0.203. The van der Waals surface area contributed by atoms with Crippen LogP contribution in [0.3, 0.4) is 0 Å². The molecule has 202 valence electrons. The average molecular weight is 574 g/mol. The number of unbranched alkanes of at least 4 members (excludes halogenated alkanes) is 1. The van der Waals surface area contributed by atoms with Crippen molar-refractivity contribution in [1.82, 2.24) is 30.7 Å². The van der Waals surface area contributed by atoms with E-state index in [4.69, 9.17) is 9.05 Å². The fourth-order valence-electron chi connectivity index (χ4n) is 4.28. The second kappa shape index (κ2) is 11.8. The van der Waals surface area contributed by atoms with Gasteiger partial charge in [-0.15, -0.1) is 31.7 Å². The van der Waals surface area contributed by atoms with Crippen LogP contribution in [-0.2, 0) is 41.7 Å². The highest BCUT2D eigenvalue weighted by Crippen LogP contribution is 2.22. The number of rotatable bonds is 12. The molecule has 13 heteroatoms. The van der Waals surface area contributed by atoms with E-state index in [9.17, 15) is 9.59 Å². The van der Waals surface area contributed by atoms with E-state index in [-0.39, 0.29) is 31.0 Å². The van der Waals surface area contributed by atoms with Gasteiger partial charge in [0.2, 0.25) is 11.0 Å². The number of carbonyl (C=O) groups excluding carboxylic acids is 2. The summed E-state index contributed by atoms with van der Waals surface area (Å²) in [5.41, 5.74) is 2.56. The number of carbonyl (C=O) groups is 2. The number of amides is 1. The Kier molecular flexibility index (Phi) is 7.64. The number of anilines is 1. The number of Topliss-reactive ketones (excluding diaryl/α,β-unsaturated/α-hetero) is 1. The van der Waals surface area contributed by atoms with Crippen LogP contribution in [0.1, 0.15) is 39.3 Å². The van der Waals surface area contributed by atoms with Gasteiger partial charge >= 0.3 is 0 Å². The maximum atomic E-state index is 12.6. The van der Waals surface area contributed by atoms with Gasteiger partial charge < -0.3 is 14.4 Å². The van der Waals surface area contributed by atoms with E-state index in [1.807, 2.05) is 48.5 Å². The predicted molar refractivity (Wildman–Crippen MR) is 149 cm³/mol. The zero-order valence-corrected chi connectivity index (χ0v) is 22.8. The summed E-state index contributed by atoms with van der Waals surface area (Å²) >= 11 is 2.83. The molecular weight excluding hydrogens is 550 g/mol. The van der Waals surface area contributed by atoms with Gasteiger partial charge in [-0.25, -0.2) is 0 Å². The van der Waals surface area contributed by atoms with E-state index >= 15 is 0 Å². The Balaban J connectivity index is 0.923. The maximum Gasteiger partial charge on any atom is 0.232 e. The van der Waals surface area contributed by atoms with Crippen LogP contribution in [0, 0.1) is 0 Å². The minimum absolute atomic E-state index is 0.0234. The van der Waals surface area contributed by atoms with Crippen molar-refractivity contribution in [3.05, 3.63) is 74.9 Å². The maximum absolute atomic E-state index is 12.6. The zero-order valence-electron chi connectivity index (χ0n) is 21.2. The first-order valence-electron chi connectivity index (χ1n) is 12.7. The van der Waals surface area contributed by atoms with Crippen LogP contribution in [0.2, 0.25) is 0 Å². The third kappa shape index (κ3) is 6.10. The molecule has 4 heterocycles. The van der Waals surface area contributed by atoms with Crippen LogP contribution in [0.15, 0.2) is 57.6 Å². The van der Waals surface area contributed by atoms with Crippen LogP contribution in [0.25, 0.3) is 21.9 Å². The molecule has 6 rings (SSSR count). The number of fused-ring (bicyclic) bond motifs is 2. The highest BCUT2D eigenvalue weighted by atomic mass is 32.1. The number of hydrogen-bond acceptors (Lipinski definition) is 12. The molecule has 0 atom stereocenters. The number of aromatic nitrogens is 6. The number of para-hydroxylation sites is 2. The summed E-state index contributed by atoms with van der Waals surface area (Å²) in [4.78, 5) is 25.0. The number of aryl methyl sites for hydroxylation is 2. The molecule has 4 aromatic heterocycles. The Bertz CT molecular complexity index is 1660. The van der Waals surface area contributed by atoms with Crippen LogP contribution in [0.4, 0.5) is 5.13 Å². The van der Waals surface area contributed by atoms with Crippen LogP contribution >= 0.6 is 22.7 Å². The fourth-order valence-corrected chi connectivity index (χ4v) is 6.00. The van der Waals surface area contributed by atoms with Gasteiger partial charge in [-0.1, -0.05) is 45.9 Å². The second-order valence-electron chi connectivity index (χ2n) is 9.17. The lowest BCUT2D eigenvalue weighted by Crippen LogP contribution is -2.14. The first-order chi connectivity index (χ1) is 19.6. The fraction of sp³-hybridized carbons (Fsp3) is 0.259. The molecule has 0 bridgehead atoms. The molecule has 0 fully saturated rings. The van der Waals surface area contributed by atoms with Gasteiger partial charge in [-0.05, 0) is 37.1 Å². The predicted octanol–water partition coefficient (Wildman–Crippen LogP) is 4.77. The van der Waals surface area contributed by atoms with Gasteiger partial charge in [0.05, 0.1) is 25.0 Å². The van der Waals surface area contributed by atoms with E-state index in [0.29, 0.717) is 32.7 Å². The van der Waals surface area contributed by atoms with Crippen molar-refractivity contribution in [2.75, 3.05) is 5.32 Å². The summed E-state index contributed by atoms with van der Waals surface area (Å²) < 4.78 is 10.5. The number of benzene rings is 2. The van der Waals surface area contributed by atoms with Crippen LogP contribution in [-0.4, -0.2) is 42.4 Å². The van der Waals surface area contributed by atoms with Crippen molar-refractivity contribution < 1.29 is 18.6 Å². The molecule has 1 amide bonds. The molecule has 0 aliphatic carbocycles. The lowest BCUT2D eigenvalue weighted by atomic mass is 10.1. The third-order valence-electron chi connectivity index (χ3n) is 6.20. The highest BCUT2D eigenvalue weighted by molar-refractivity contribution is 7.15. The minimum Gasteiger partial charge on any atom is -0.356 e. The normalized spacial score (nSPS) is 11.4. The Labute approximate surface area is 235 Å². The summed E-state index contributed by atoms with van der Waals surface area (Å²) in [6.45, 7) is 0. The lowest BCUT2D eigenvalue weighted by Gasteiger charge is -1.98. The van der Waals surface area contributed by atoms with Gasteiger partial charge in [0, 0.05) is 23.6 Å². The Morgan fingerprint density at radius 2 is 1.25 bits per heavy atom. The standard InChI is InChI=1S/C27H23N7O4S2/c35-16(13-19-17-7-1-3-9-21(17)37-33-19)14-26-31-29-24(39-26)11-5-6-12-25-30-32-27(40-25)28-23(36)15-20-18-8-2-4-10-22(18)38-34-20/h1-4,7-10H,5-6,11-15H2,(H,28,32,36). The highest BCUT2D eigenvalue weighted by Gasteiger charge is 2.16. The minimum atomic E-state index is -0.221. The van der Waals surface area contributed by atoms with E-state index < -0.39 is 0 Å². The van der Waals surface area contributed by atoms with E-state index in [2.05, 4.69) is 36.0 Å². The molecule has 0 aliphatic heterocycles. The van der Waals surface area contributed by atoms with E-state index in [1.165, 1.54) is 22.7 Å². The van der Waals surface area contributed by atoms with Crippen LogP contribution < -0.4 is 5.32 Å². The first kappa shape index (κ1) is 25.9. The van der Waals surface area contributed by atoms with Gasteiger partial charge in [-0.3, -0.25) is 9.59 Å². The van der Waals surface area contributed by atoms with E-state index in [0.717, 1.165) is 46.5 Å². The molecule has 0 saturated heterocycles. The van der Waals surface area contributed by atoms with Crippen molar-refractivity contribution in [2.24, 2.45) is 0 Å². The lowest BCUT2D eigenvalue weighted by molar-refractivity contribution is -0.118. The van der Waals surface area contributed by atoms with Crippen LogP contribution in [0.5, 0.6) is 0 Å². The molecule has 0 radical (unpaired) electrons. The largest absolute Gasteiger partial charge is 0.356 e. The summed E-state index contributed by atoms with van der Waals surface area (Å²) in [6.07, 6.45) is 3.83. The molecule has 40 heavy (non-hydrogen) atoms. The third-order valence-corrected chi connectivity index (χ3v) is 8.08. The number of nitrogens with one attached hydrogen (secondary N) is 1. The smallest absolute Gasteiger partial charge is 0.232 e. The van der Waals surface area contributed by atoms with E-state index in [1.54, 1.807) is 0 Å². The first-order valence-corrected chi connectivity index (χ1v) is 14.4. The van der Waals surface area contributed by atoms with Gasteiger partial charge in [0.25, 0.3) is 0 Å². The topological polar surface area (TPSA) is 150 Å². The van der Waals surface area contributed by atoms with Crippen molar-refractivity contribution in [3.8, 4) is 0 Å². The molecule has 0 spiro atoms. The van der Waals surface area contributed by atoms with Gasteiger partial charge in [0.15, 0.2) is 11.2 Å². The summed E-state index contributed by atoms with van der Waals surface area (Å²) in [6, 6.07) is 14.9.